The van der Waals surface area contributed by atoms with Gasteiger partial charge in [-0.15, -0.1) is 0 Å². The fraction of sp³-hybridized carbons (Fsp3) is 0.438. The van der Waals surface area contributed by atoms with E-state index in [0.29, 0.717) is 6.42 Å². The summed E-state index contributed by atoms with van der Waals surface area (Å²) < 4.78 is 37.9. The van der Waals surface area contributed by atoms with E-state index >= 15 is 0 Å². The predicted octanol–water partition coefficient (Wildman–Crippen LogP) is 3.83. The van der Waals surface area contributed by atoms with E-state index in [4.69, 9.17) is 9.47 Å². The number of hydrogen-bond donors (Lipinski definition) is 1. The third kappa shape index (κ3) is 4.19. The third-order valence-corrected chi connectivity index (χ3v) is 3.04. The van der Waals surface area contributed by atoms with Crippen molar-refractivity contribution in [3.8, 4) is 0 Å². The van der Waals surface area contributed by atoms with E-state index < -0.39 is 35.5 Å². The summed E-state index contributed by atoms with van der Waals surface area (Å²) in [6.07, 6.45) is 2.11. The van der Waals surface area contributed by atoms with Crippen LogP contribution in [0.5, 0.6) is 0 Å². The second-order valence-electron chi connectivity index (χ2n) is 6.08. The number of hydrogen-bond acceptors (Lipinski definition) is 3. The molecule has 0 saturated heterocycles. The van der Waals surface area contributed by atoms with Gasteiger partial charge in [0.05, 0.1) is 12.3 Å². The van der Waals surface area contributed by atoms with Gasteiger partial charge in [-0.25, -0.2) is 13.6 Å². The van der Waals surface area contributed by atoms with Gasteiger partial charge in [0, 0.05) is 5.56 Å². The average Bonchev–Trinajstić information content (AvgIpc) is 2.40. The molecule has 0 aliphatic carbocycles. The summed E-state index contributed by atoms with van der Waals surface area (Å²) in [5, 5.41) is 2.64. The van der Waals surface area contributed by atoms with E-state index in [-0.39, 0.29) is 5.56 Å². The lowest BCUT2D eigenvalue weighted by molar-refractivity contribution is 0.0368. The highest BCUT2D eigenvalue weighted by atomic mass is 19.1. The van der Waals surface area contributed by atoms with Crippen LogP contribution in [-0.4, -0.2) is 17.7 Å². The Bertz CT molecular complexity index is 581. The maximum Gasteiger partial charge on any atom is 0.408 e. The lowest BCUT2D eigenvalue weighted by atomic mass is 9.97. The van der Waals surface area contributed by atoms with Crippen molar-refractivity contribution in [2.24, 2.45) is 0 Å². The van der Waals surface area contributed by atoms with Gasteiger partial charge in [0.15, 0.2) is 0 Å². The summed E-state index contributed by atoms with van der Waals surface area (Å²) in [4.78, 5) is 11.9. The molecule has 0 radical (unpaired) electrons. The molecule has 0 spiro atoms. The molecule has 1 aromatic rings. The molecule has 0 aromatic heterocycles. The number of ether oxygens (including phenoxy) is 2. The number of benzene rings is 1. The number of rotatable bonds is 2. The molecule has 0 bridgehead atoms. The molecule has 4 nitrogen and oxygen atoms in total. The Morgan fingerprint density at radius 1 is 1.36 bits per heavy atom. The molecule has 1 heterocycles. The first-order chi connectivity index (χ1) is 10.3. The molecule has 2 rings (SSSR count). The molecular formula is C16H19F2NO3. The number of halogens is 2. The van der Waals surface area contributed by atoms with Crippen LogP contribution in [0, 0.1) is 11.6 Å². The van der Waals surface area contributed by atoms with Crippen molar-refractivity contribution in [3.63, 3.8) is 0 Å². The standard InChI is InChI=1S/C16H19F2NO3/c1-16(2,3)22-15(20)19-13-5-4-8-21-14(13)11-9-10(17)6-7-12(11)18/h4,6-9,13-14H,5H2,1-3H3,(H,19,20)/t13-,14?/m0/s1. The van der Waals surface area contributed by atoms with Crippen LogP contribution in [0.15, 0.2) is 30.5 Å². The number of carbonyl (C=O) groups is 1. The summed E-state index contributed by atoms with van der Waals surface area (Å²) in [5.74, 6) is -1.15. The van der Waals surface area contributed by atoms with Crippen LogP contribution in [-0.2, 0) is 9.47 Å². The number of amides is 1. The van der Waals surface area contributed by atoms with Gasteiger partial charge < -0.3 is 14.8 Å². The predicted molar refractivity (Wildman–Crippen MR) is 77.1 cm³/mol. The van der Waals surface area contributed by atoms with E-state index in [1.54, 1.807) is 26.8 Å². The van der Waals surface area contributed by atoms with E-state index in [9.17, 15) is 13.6 Å². The highest BCUT2D eigenvalue weighted by Gasteiger charge is 2.31. The van der Waals surface area contributed by atoms with Crippen molar-refractivity contribution in [3.05, 3.63) is 47.7 Å². The molecule has 1 unspecified atom stereocenters. The minimum absolute atomic E-state index is 0.0606. The summed E-state index contributed by atoms with van der Waals surface area (Å²) in [6.45, 7) is 5.23. The summed E-state index contributed by atoms with van der Waals surface area (Å²) >= 11 is 0. The normalized spacial score (nSPS) is 21.1. The Hall–Kier alpha value is -2.11. The SMILES string of the molecule is CC(C)(C)OC(=O)N[C@H]1CC=COC1c1cc(F)ccc1F. The molecule has 1 aliphatic rings. The van der Waals surface area contributed by atoms with Gasteiger partial charge in [-0.05, 0) is 51.5 Å². The molecule has 2 atom stereocenters. The Morgan fingerprint density at radius 2 is 2.09 bits per heavy atom. The maximum absolute atomic E-state index is 13.9. The zero-order valence-electron chi connectivity index (χ0n) is 12.7. The van der Waals surface area contributed by atoms with Crippen LogP contribution in [0.25, 0.3) is 0 Å². The van der Waals surface area contributed by atoms with Gasteiger partial charge in [0.1, 0.15) is 23.3 Å². The van der Waals surface area contributed by atoms with E-state index in [1.807, 2.05) is 0 Å². The molecule has 1 aliphatic heterocycles. The van der Waals surface area contributed by atoms with Crippen molar-refractivity contribution in [2.45, 2.75) is 44.9 Å². The van der Waals surface area contributed by atoms with Gasteiger partial charge in [-0.1, -0.05) is 0 Å². The number of nitrogens with one attached hydrogen (secondary N) is 1. The summed E-state index contributed by atoms with van der Waals surface area (Å²) in [5.41, 5.74) is -0.583. The fourth-order valence-corrected chi connectivity index (χ4v) is 2.18. The molecule has 22 heavy (non-hydrogen) atoms. The molecule has 6 heteroatoms. The third-order valence-electron chi connectivity index (χ3n) is 3.04. The fourth-order valence-electron chi connectivity index (χ4n) is 2.18. The van der Waals surface area contributed by atoms with E-state index in [2.05, 4.69) is 5.32 Å². The largest absolute Gasteiger partial charge is 0.491 e. The van der Waals surface area contributed by atoms with Gasteiger partial charge in [-0.3, -0.25) is 0 Å². The lowest BCUT2D eigenvalue weighted by Gasteiger charge is -2.31. The quantitative estimate of drug-likeness (QED) is 0.903. The second-order valence-corrected chi connectivity index (χ2v) is 6.08. The minimum atomic E-state index is -0.812. The average molecular weight is 311 g/mol. The monoisotopic (exact) mass is 311 g/mol. The zero-order chi connectivity index (χ0) is 16.3. The first kappa shape index (κ1) is 16.3. The van der Waals surface area contributed by atoms with Gasteiger partial charge in [-0.2, -0.15) is 0 Å². The highest BCUT2D eigenvalue weighted by molar-refractivity contribution is 5.68. The summed E-state index contributed by atoms with van der Waals surface area (Å²) in [6, 6.07) is 2.60. The molecule has 0 saturated carbocycles. The Kier molecular flexibility index (Phi) is 4.68. The number of alkyl carbamates (subject to hydrolysis) is 1. The minimum Gasteiger partial charge on any atom is -0.491 e. The topological polar surface area (TPSA) is 47.6 Å². The molecule has 1 aromatic carbocycles. The summed E-state index contributed by atoms with van der Waals surface area (Å²) in [7, 11) is 0. The molecule has 1 N–H and O–H groups in total. The van der Waals surface area contributed by atoms with Crippen LogP contribution in [0.4, 0.5) is 13.6 Å². The number of carbonyl (C=O) groups excluding carboxylic acids is 1. The lowest BCUT2D eigenvalue weighted by Crippen LogP contribution is -2.43. The van der Waals surface area contributed by atoms with E-state index in [1.165, 1.54) is 6.26 Å². The van der Waals surface area contributed by atoms with Crippen LogP contribution in [0.1, 0.15) is 38.9 Å². The van der Waals surface area contributed by atoms with Crippen LogP contribution >= 0.6 is 0 Å². The first-order valence-corrected chi connectivity index (χ1v) is 7.01. The maximum atomic E-state index is 13.9. The van der Waals surface area contributed by atoms with Crippen molar-refractivity contribution >= 4 is 6.09 Å². The molecular weight excluding hydrogens is 292 g/mol. The molecule has 1 amide bonds. The highest BCUT2D eigenvalue weighted by Crippen LogP contribution is 2.30. The Morgan fingerprint density at radius 3 is 2.77 bits per heavy atom. The smallest absolute Gasteiger partial charge is 0.408 e. The van der Waals surface area contributed by atoms with Gasteiger partial charge in [0.25, 0.3) is 0 Å². The van der Waals surface area contributed by atoms with E-state index in [0.717, 1.165) is 18.2 Å². The van der Waals surface area contributed by atoms with Crippen molar-refractivity contribution in [1.29, 1.82) is 0 Å². The van der Waals surface area contributed by atoms with Crippen LogP contribution in [0.3, 0.4) is 0 Å². The zero-order valence-corrected chi connectivity index (χ0v) is 12.7. The van der Waals surface area contributed by atoms with Gasteiger partial charge >= 0.3 is 6.09 Å². The van der Waals surface area contributed by atoms with Crippen molar-refractivity contribution in [2.75, 3.05) is 0 Å². The molecule has 0 fully saturated rings. The molecule has 120 valence electrons. The Labute approximate surface area is 128 Å². The second kappa shape index (κ2) is 6.34. The van der Waals surface area contributed by atoms with Gasteiger partial charge in [0.2, 0.25) is 0 Å². The van der Waals surface area contributed by atoms with Crippen LogP contribution < -0.4 is 5.32 Å². The van der Waals surface area contributed by atoms with Crippen molar-refractivity contribution < 1.29 is 23.0 Å². The van der Waals surface area contributed by atoms with Crippen molar-refractivity contribution in [1.82, 2.24) is 5.32 Å². The Balaban J connectivity index is 2.17. The van der Waals surface area contributed by atoms with Crippen LogP contribution in [0.2, 0.25) is 0 Å². The first-order valence-electron chi connectivity index (χ1n) is 7.01.